The SMILES string of the molecule is CC[C]1[C](C)[C](C)[C](C)[C]1C.F[P-](F)(F)(F)(F)F.F[P-](F)(F)(F)(F)F.[Ru+3].c1ccccc1. The molecule has 0 atom stereocenters. The van der Waals surface area contributed by atoms with Gasteiger partial charge in [0.1, 0.15) is 0 Å². The second-order valence-electron chi connectivity index (χ2n) is 6.40. The molecule has 0 heterocycles. The minimum atomic E-state index is -10.7. The quantitative estimate of drug-likeness (QED) is 0.167. The molecule has 0 aromatic heterocycles. The van der Waals surface area contributed by atoms with Crippen molar-refractivity contribution in [2.24, 2.45) is 0 Å². The minimum Gasteiger partial charge on any atom is -0.0623 e. The summed E-state index contributed by atoms with van der Waals surface area (Å²) in [4.78, 5) is 0. The molecule has 192 valence electrons. The van der Waals surface area contributed by atoms with Gasteiger partial charge in [0.05, 0.1) is 0 Å². The Morgan fingerprint density at radius 3 is 0.719 bits per heavy atom. The first kappa shape index (κ1) is 36.4. The Labute approximate surface area is 192 Å². The van der Waals surface area contributed by atoms with Crippen LogP contribution >= 0.6 is 15.6 Å². The van der Waals surface area contributed by atoms with E-state index in [2.05, 4.69) is 34.6 Å². The smallest absolute Gasteiger partial charge is 0.0623 e. The van der Waals surface area contributed by atoms with Gasteiger partial charge in [0.15, 0.2) is 0 Å². The number of halogens is 12. The Kier molecular flexibility index (Phi) is 11.7. The Bertz CT molecular complexity index is 566. The van der Waals surface area contributed by atoms with E-state index in [9.17, 15) is 50.4 Å². The van der Waals surface area contributed by atoms with E-state index in [0.717, 1.165) is 0 Å². The molecular weight excluding hydrogens is 595 g/mol. The van der Waals surface area contributed by atoms with Gasteiger partial charge in [0, 0.05) is 0 Å². The fourth-order valence-electron chi connectivity index (χ4n) is 2.21. The molecule has 0 bridgehead atoms. The van der Waals surface area contributed by atoms with Gasteiger partial charge in [0.25, 0.3) is 0 Å². The van der Waals surface area contributed by atoms with Crippen LogP contribution < -0.4 is 0 Å². The van der Waals surface area contributed by atoms with Crippen molar-refractivity contribution in [2.45, 2.75) is 41.0 Å². The Balaban J connectivity index is -0.000000358. The summed E-state index contributed by atoms with van der Waals surface area (Å²) in [6, 6.07) is 12.0. The fourth-order valence-corrected chi connectivity index (χ4v) is 2.21. The van der Waals surface area contributed by atoms with Crippen LogP contribution in [-0.4, -0.2) is 0 Å². The topological polar surface area (TPSA) is 0 Å². The zero-order valence-electron chi connectivity index (χ0n) is 17.5. The Morgan fingerprint density at radius 1 is 0.469 bits per heavy atom. The van der Waals surface area contributed by atoms with E-state index < -0.39 is 15.6 Å². The molecule has 0 saturated heterocycles. The van der Waals surface area contributed by atoms with Gasteiger partial charge in [-0.25, -0.2) is 0 Å². The predicted molar refractivity (Wildman–Crippen MR) is 103 cm³/mol. The van der Waals surface area contributed by atoms with Crippen LogP contribution in [0.25, 0.3) is 0 Å². The van der Waals surface area contributed by atoms with E-state index in [1.807, 2.05) is 36.4 Å². The van der Waals surface area contributed by atoms with Crippen molar-refractivity contribution in [3.8, 4) is 0 Å². The molecule has 1 aliphatic carbocycles. The van der Waals surface area contributed by atoms with Crippen molar-refractivity contribution in [3.63, 3.8) is 0 Å². The van der Waals surface area contributed by atoms with Crippen LogP contribution in [0.4, 0.5) is 50.4 Å². The van der Waals surface area contributed by atoms with Gasteiger partial charge < -0.3 is 0 Å². The molecule has 1 saturated carbocycles. The summed E-state index contributed by atoms with van der Waals surface area (Å²) in [6.07, 6.45) is 1.17. The molecule has 0 spiro atoms. The van der Waals surface area contributed by atoms with Crippen LogP contribution in [0.2, 0.25) is 0 Å². The standard InChI is InChI=1S/C11H17.C6H6.2F6P.Ru/c1-6-11-9(4)7(2)8(3)10(11)5;1-2-4-6-5-3-1;2*1-7(2,3,4,5)6;/h6H2,1-5H3;1-6H;;;/q;;2*-1;+3. The summed E-state index contributed by atoms with van der Waals surface area (Å²) in [7, 11) is -21.3. The van der Waals surface area contributed by atoms with Crippen molar-refractivity contribution in [1.29, 1.82) is 0 Å². The zero-order valence-corrected chi connectivity index (χ0v) is 21.0. The second-order valence-corrected chi connectivity index (χ2v) is 10.2. The van der Waals surface area contributed by atoms with Crippen LogP contribution in [-0.2, 0) is 19.5 Å². The van der Waals surface area contributed by atoms with Gasteiger partial charge in [-0.3, -0.25) is 0 Å². The van der Waals surface area contributed by atoms with E-state index in [1.54, 1.807) is 5.92 Å². The summed E-state index contributed by atoms with van der Waals surface area (Å²) in [5, 5.41) is 0. The average molecular weight is 618 g/mol. The van der Waals surface area contributed by atoms with Gasteiger partial charge in [-0.1, -0.05) is 71.0 Å². The zero-order chi connectivity index (χ0) is 25.7. The van der Waals surface area contributed by atoms with Crippen molar-refractivity contribution < 1.29 is 69.8 Å². The van der Waals surface area contributed by atoms with Crippen molar-refractivity contribution in [1.82, 2.24) is 0 Å². The number of rotatable bonds is 1. The molecular formula is C17H23F12P2Ru+. The van der Waals surface area contributed by atoms with Crippen molar-refractivity contribution >= 4 is 15.6 Å². The van der Waals surface area contributed by atoms with E-state index in [1.165, 1.54) is 30.1 Å². The Morgan fingerprint density at radius 2 is 0.625 bits per heavy atom. The summed E-state index contributed by atoms with van der Waals surface area (Å²) < 4.78 is 118. The van der Waals surface area contributed by atoms with Crippen molar-refractivity contribution in [3.05, 3.63) is 66.0 Å². The first-order valence-electron chi connectivity index (χ1n) is 8.34. The second kappa shape index (κ2) is 10.2. The molecule has 0 amide bonds. The van der Waals surface area contributed by atoms with Crippen LogP contribution in [0.1, 0.15) is 41.0 Å². The molecule has 0 N–H and O–H groups in total. The fraction of sp³-hybridized carbons (Fsp3) is 0.353. The maximum atomic E-state index is 9.87. The molecule has 1 aromatic carbocycles. The number of hydrogen-bond acceptors (Lipinski definition) is 0. The molecule has 0 nitrogen and oxygen atoms in total. The largest absolute Gasteiger partial charge is 3.00 e. The number of benzene rings is 1. The first-order valence-corrected chi connectivity index (χ1v) is 12.4. The molecule has 6 radical (unpaired) electrons. The molecule has 1 aliphatic rings. The van der Waals surface area contributed by atoms with E-state index >= 15 is 0 Å². The van der Waals surface area contributed by atoms with Gasteiger partial charge in [-0.15, -0.1) is 0 Å². The maximum Gasteiger partial charge on any atom is 3.00 e. The van der Waals surface area contributed by atoms with Gasteiger partial charge >= 0.3 is 85.5 Å². The summed E-state index contributed by atoms with van der Waals surface area (Å²) >= 11 is 0. The normalized spacial score (nSPS) is 20.9. The first-order chi connectivity index (χ1) is 13.0. The Hall–Kier alpha value is -0.137. The third-order valence-corrected chi connectivity index (χ3v) is 3.61. The minimum absolute atomic E-state index is 0. The average Bonchev–Trinajstić information content (AvgIpc) is 2.67. The summed E-state index contributed by atoms with van der Waals surface area (Å²) in [6.45, 7) is 11.1. The van der Waals surface area contributed by atoms with Crippen molar-refractivity contribution in [2.75, 3.05) is 0 Å². The summed E-state index contributed by atoms with van der Waals surface area (Å²) in [5.74, 6) is 7.53. The number of hydrogen-bond donors (Lipinski definition) is 0. The van der Waals surface area contributed by atoms with Crippen LogP contribution in [0.3, 0.4) is 0 Å². The van der Waals surface area contributed by atoms with Crippen LogP contribution in [0, 0.1) is 29.6 Å². The van der Waals surface area contributed by atoms with Gasteiger partial charge in [0.2, 0.25) is 0 Å². The molecule has 0 unspecified atom stereocenters. The van der Waals surface area contributed by atoms with E-state index in [-0.39, 0.29) is 19.5 Å². The molecule has 1 fully saturated rings. The molecule has 0 aliphatic heterocycles. The summed E-state index contributed by atoms with van der Waals surface area (Å²) in [5.41, 5.74) is 0. The molecule has 32 heavy (non-hydrogen) atoms. The third kappa shape index (κ3) is 32.0. The predicted octanol–water partition coefficient (Wildman–Crippen LogP) is 11.8. The molecule has 15 heteroatoms. The maximum absolute atomic E-state index is 10.7. The van der Waals surface area contributed by atoms with E-state index in [4.69, 9.17) is 0 Å². The monoisotopic (exact) mass is 619 g/mol. The van der Waals surface area contributed by atoms with E-state index in [0.29, 0.717) is 0 Å². The van der Waals surface area contributed by atoms with Crippen LogP contribution in [0.15, 0.2) is 36.4 Å². The van der Waals surface area contributed by atoms with Gasteiger partial charge in [-0.2, -0.15) is 0 Å². The van der Waals surface area contributed by atoms with Crippen LogP contribution in [0.5, 0.6) is 0 Å². The molecule has 1 aromatic rings. The third-order valence-electron chi connectivity index (χ3n) is 3.61. The van der Waals surface area contributed by atoms with Gasteiger partial charge in [-0.05, 0) is 36.0 Å². The molecule has 2 rings (SSSR count).